The number of benzene rings is 1. The number of hydrogen-bond acceptors (Lipinski definition) is 3. The van der Waals surface area contributed by atoms with Gasteiger partial charge in [-0.1, -0.05) is 12.8 Å². The van der Waals surface area contributed by atoms with Crippen molar-refractivity contribution < 1.29 is 14.7 Å². The summed E-state index contributed by atoms with van der Waals surface area (Å²) >= 11 is 0. The number of hydrogen-bond donors (Lipinski definition) is 3. The molecule has 20 heavy (non-hydrogen) atoms. The van der Waals surface area contributed by atoms with Crippen LogP contribution in [0.3, 0.4) is 0 Å². The second-order valence-corrected chi connectivity index (χ2v) is 5.15. The van der Waals surface area contributed by atoms with E-state index in [1.807, 2.05) is 0 Å². The SMILES string of the molecule is O=CNc1ccc(C(=O)NC2CCCCC2CO)cc1. The number of rotatable bonds is 5. The van der Waals surface area contributed by atoms with Crippen LogP contribution in [0.1, 0.15) is 36.0 Å². The molecule has 3 N–H and O–H groups in total. The summed E-state index contributed by atoms with van der Waals surface area (Å²) in [6.07, 6.45) is 4.68. The molecule has 0 spiro atoms. The first-order valence-corrected chi connectivity index (χ1v) is 6.96. The lowest BCUT2D eigenvalue weighted by Crippen LogP contribution is -2.43. The van der Waals surface area contributed by atoms with Gasteiger partial charge in [0.25, 0.3) is 5.91 Å². The number of anilines is 1. The second-order valence-electron chi connectivity index (χ2n) is 5.15. The van der Waals surface area contributed by atoms with Gasteiger partial charge in [-0.05, 0) is 37.1 Å². The molecular formula is C15H20N2O3. The number of carbonyl (C=O) groups excluding carboxylic acids is 2. The molecule has 2 atom stereocenters. The Balaban J connectivity index is 1.98. The van der Waals surface area contributed by atoms with Gasteiger partial charge in [-0.15, -0.1) is 0 Å². The fraction of sp³-hybridized carbons (Fsp3) is 0.467. The molecule has 1 aromatic rings. The quantitative estimate of drug-likeness (QED) is 0.714. The fourth-order valence-electron chi connectivity index (χ4n) is 2.65. The Bertz CT molecular complexity index is 459. The monoisotopic (exact) mass is 276 g/mol. The summed E-state index contributed by atoms with van der Waals surface area (Å²) in [6, 6.07) is 6.78. The van der Waals surface area contributed by atoms with Crippen LogP contribution in [0.15, 0.2) is 24.3 Å². The molecule has 1 aromatic carbocycles. The minimum Gasteiger partial charge on any atom is -0.396 e. The molecule has 2 unspecified atom stereocenters. The van der Waals surface area contributed by atoms with Crippen LogP contribution in [0.4, 0.5) is 5.69 Å². The lowest BCUT2D eigenvalue weighted by atomic mass is 9.85. The van der Waals surface area contributed by atoms with E-state index in [9.17, 15) is 14.7 Å². The van der Waals surface area contributed by atoms with Crippen LogP contribution in [0.25, 0.3) is 0 Å². The first kappa shape index (κ1) is 14.5. The summed E-state index contributed by atoms with van der Waals surface area (Å²) in [5.41, 5.74) is 1.21. The summed E-state index contributed by atoms with van der Waals surface area (Å²) in [5, 5.41) is 14.9. The largest absolute Gasteiger partial charge is 0.396 e. The van der Waals surface area contributed by atoms with E-state index in [2.05, 4.69) is 10.6 Å². The normalized spacial score (nSPS) is 22.1. The summed E-state index contributed by atoms with van der Waals surface area (Å²) in [5.74, 6) is 0.0247. The van der Waals surface area contributed by atoms with Gasteiger partial charge < -0.3 is 15.7 Å². The van der Waals surface area contributed by atoms with E-state index in [4.69, 9.17) is 0 Å². The van der Waals surface area contributed by atoms with E-state index in [1.165, 1.54) is 0 Å². The van der Waals surface area contributed by atoms with Crippen LogP contribution >= 0.6 is 0 Å². The van der Waals surface area contributed by atoms with Gasteiger partial charge in [0.05, 0.1) is 0 Å². The maximum atomic E-state index is 12.2. The van der Waals surface area contributed by atoms with Crippen LogP contribution in [-0.2, 0) is 4.79 Å². The zero-order chi connectivity index (χ0) is 14.4. The average molecular weight is 276 g/mol. The molecule has 1 saturated carbocycles. The Labute approximate surface area is 118 Å². The third-order valence-corrected chi connectivity index (χ3v) is 3.83. The second kappa shape index (κ2) is 7.05. The Hall–Kier alpha value is -1.88. The molecule has 2 rings (SSSR count). The Morgan fingerprint density at radius 1 is 1.25 bits per heavy atom. The minimum absolute atomic E-state index is 0.0500. The smallest absolute Gasteiger partial charge is 0.251 e. The number of carbonyl (C=O) groups is 2. The Morgan fingerprint density at radius 2 is 1.95 bits per heavy atom. The molecule has 0 radical (unpaired) electrons. The van der Waals surface area contributed by atoms with Crippen molar-refractivity contribution in [2.45, 2.75) is 31.7 Å². The molecule has 0 heterocycles. The molecule has 0 saturated heterocycles. The predicted molar refractivity (Wildman–Crippen MR) is 76.4 cm³/mol. The van der Waals surface area contributed by atoms with Gasteiger partial charge in [-0.3, -0.25) is 9.59 Å². The van der Waals surface area contributed by atoms with Crippen LogP contribution in [0.5, 0.6) is 0 Å². The van der Waals surface area contributed by atoms with Crippen LogP contribution in [0.2, 0.25) is 0 Å². The van der Waals surface area contributed by atoms with E-state index in [0.29, 0.717) is 17.7 Å². The van der Waals surface area contributed by atoms with Gasteiger partial charge in [0.15, 0.2) is 0 Å². The third kappa shape index (κ3) is 3.57. The van der Waals surface area contributed by atoms with Crippen molar-refractivity contribution >= 4 is 18.0 Å². The van der Waals surface area contributed by atoms with E-state index in [0.717, 1.165) is 25.7 Å². The molecule has 1 fully saturated rings. The van der Waals surface area contributed by atoms with E-state index in [-0.39, 0.29) is 24.5 Å². The first-order chi connectivity index (χ1) is 9.74. The highest BCUT2D eigenvalue weighted by atomic mass is 16.3. The topological polar surface area (TPSA) is 78.4 Å². The van der Waals surface area contributed by atoms with Crippen molar-refractivity contribution in [1.29, 1.82) is 0 Å². The molecule has 0 bridgehead atoms. The van der Waals surface area contributed by atoms with Crippen molar-refractivity contribution in [3.63, 3.8) is 0 Å². The van der Waals surface area contributed by atoms with Gasteiger partial charge in [-0.25, -0.2) is 0 Å². The lowest BCUT2D eigenvalue weighted by Gasteiger charge is -2.30. The molecular weight excluding hydrogens is 256 g/mol. The van der Waals surface area contributed by atoms with Gasteiger partial charge in [0, 0.05) is 29.8 Å². The molecule has 5 nitrogen and oxygen atoms in total. The standard InChI is InChI=1S/C15H20N2O3/c18-9-12-3-1-2-4-14(12)17-15(20)11-5-7-13(8-6-11)16-10-19/h5-8,10,12,14,18H,1-4,9H2,(H,16,19)(H,17,20). The fourth-order valence-corrected chi connectivity index (χ4v) is 2.65. The van der Waals surface area contributed by atoms with Crippen molar-refractivity contribution in [3.8, 4) is 0 Å². The molecule has 0 aliphatic heterocycles. The Kier molecular flexibility index (Phi) is 5.12. The van der Waals surface area contributed by atoms with Crippen molar-refractivity contribution in [3.05, 3.63) is 29.8 Å². The number of amides is 2. The van der Waals surface area contributed by atoms with Crippen LogP contribution in [0, 0.1) is 5.92 Å². The number of aliphatic hydroxyl groups is 1. The maximum absolute atomic E-state index is 12.2. The zero-order valence-electron chi connectivity index (χ0n) is 11.3. The van der Waals surface area contributed by atoms with E-state index in [1.54, 1.807) is 24.3 Å². The van der Waals surface area contributed by atoms with Crippen LogP contribution < -0.4 is 10.6 Å². The van der Waals surface area contributed by atoms with Gasteiger partial charge in [-0.2, -0.15) is 0 Å². The van der Waals surface area contributed by atoms with Gasteiger partial charge in [0.1, 0.15) is 0 Å². The maximum Gasteiger partial charge on any atom is 0.251 e. The van der Waals surface area contributed by atoms with Gasteiger partial charge in [0.2, 0.25) is 6.41 Å². The van der Waals surface area contributed by atoms with Crippen molar-refractivity contribution in [1.82, 2.24) is 5.32 Å². The van der Waals surface area contributed by atoms with Crippen molar-refractivity contribution in [2.24, 2.45) is 5.92 Å². The predicted octanol–water partition coefficient (Wildman–Crippen LogP) is 1.54. The third-order valence-electron chi connectivity index (χ3n) is 3.83. The summed E-state index contributed by atoms with van der Waals surface area (Å²) in [6.45, 7) is 0.118. The van der Waals surface area contributed by atoms with Crippen LogP contribution in [-0.4, -0.2) is 30.1 Å². The molecule has 5 heteroatoms. The highest BCUT2D eigenvalue weighted by Crippen LogP contribution is 2.24. The average Bonchev–Trinajstić information content (AvgIpc) is 2.49. The highest BCUT2D eigenvalue weighted by Gasteiger charge is 2.26. The summed E-state index contributed by atoms with van der Waals surface area (Å²) in [4.78, 5) is 22.5. The van der Waals surface area contributed by atoms with Gasteiger partial charge >= 0.3 is 0 Å². The van der Waals surface area contributed by atoms with E-state index >= 15 is 0 Å². The van der Waals surface area contributed by atoms with Crippen molar-refractivity contribution in [2.75, 3.05) is 11.9 Å². The first-order valence-electron chi connectivity index (χ1n) is 6.96. The molecule has 1 aliphatic rings. The minimum atomic E-state index is -0.131. The van der Waals surface area contributed by atoms with E-state index < -0.39 is 0 Å². The highest BCUT2D eigenvalue weighted by molar-refractivity contribution is 5.95. The molecule has 0 aromatic heterocycles. The lowest BCUT2D eigenvalue weighted by molar-refractivity contribution is -0.105. The summed E-state index contributed by atoms with van der Waals surface area (Å²) in [7, 11) is 0. The zero-order valence-corrected chi connectivity index (χ0v) is 11.3. The summed E-state index contributed by atoms with van der Waals surface area (Å²) < 4.78 is 0. The number of aliphatic hydroxyl groups excluding tert-OH is 1. The number of nitrogens with one attached hydrogen (secondary N) is 2. The molecule has 108 valence electrons. The molecule has 2 amide bonds. The Morgan fingerprint density at radius 3 is 2.60 bits per heavy atom. The molecule has 1 aliphatic carbocycles.